The average Bonchev–Trinajstić information content (AvgIpc) is 2.45. The van der Waals surface area contributed by atoms with Gasteiger partial charge in [-0.3, -0.25) is 9.69 Å². The van der Waals surface area contributed by atoms with Crippen molar-refractivity contribution in [2.24, 2.45) is 0 Å². The predicted octanol–water partition coefficient (Wildman–Crippen LogP) is 3.62. The van der Waals surface area contributed by atoms with Crippen molar-refractivity contribution in [3.8, 4) is 0 Å². The van der Waals surface area contributed by atoms with E-state index in [1.807, 2.05) is 37.4 Å². The molecule has 0 N–H and O–H groups in total. The van der Waals surface area contributed by atoms with Crippen molar-refractivity contribution in [2.75, 3.05) is 13.6 Å². The molecule has 0 amide bonds. The van der Waals surface area contributed by atoms with Crippen LogP contribution in [0.5, 0.6) is 0 Å². The largest absolute Gasteiger partial charge is 0.295 e. The van der Waals surface area contributed by atoms with Crippen molar-refractivity contribution in [3.05, 3.63) is 70.8 Å². The number of likely N-dealkylation sites (N-methyl/N-ethyl adjacent to an activating group) is 1. The summed E-state index contributed by atoms with van der Waals surface area (Å²) < 4.78 is 0. The molecule has 104 valence electrons. The Morgan fingerprint density at radius 3 is 2.40 bits per heavy atom. The highest BCUT2D eigenvalue weighted by Crippen LogP contribution is 2.14. The number of benzene rings is 2. The van der Waals surface area contributed by atoms with E-state index < -0.39 is 0 Å². The molecule has 2 nitrogen and oxygen atoms in total. The third-order valence-corrected chi connectivity index (χ3v) is 3.67. The fourth-order valence-corrected chi connectivity index (χ4v) is 2.29. The topological polar surface area (TPSA) is 20.3 Å². The number of ketones is 1. The lowest BCUT2D eigenvalue weighted by Gasteiger charge is -2.18. The molecule has 0 fully saturated rings. The molecule has 20 heavy (non-hydrogen) atoms. The van der Waals surface area contributed by atoms with Gasteiger partial charge in [0.1, 0.15) is 0 Å². The molecule has 2 aromatic rings. The van der Waals surface area contributed by atoms with Crippen molar-refractivity contribution < 1.29 is 4.79 Å². The van der Waals surface area contributed by atoms with Crippen LogP contribution in [0.2, 0.25) is 0 Å². The second-order valence-corrected chi connectivity index (χ2v) is 5.32. The molecule has 0 aliphatic heterocycles. The van der Waals surface area contributed by atoms with Gasteiger partial charge in [0.2, 0.25) is 0 Å². The maximum atomic E-state index is 12.2. The second-order valence-electron chi connectivity index (χ2n) is 5.32. The summed E-state index contributed by atoms with van der Waals surface area (Å²) in [7, 11) is 1.99. The van der Waals surface area contributed by atoms with Gasteiger partial charge in [-0.25, -0.2) is 0 Å². The highest BCUT2D eigenvalue weighted by molar-refractivity contribution is 5.97. The first kappa shape index (κ1) is 14.5. The molecule has 0 saturated heterocycles. The Labute approximate surface area is 121 Å². The van der Waals surface area contributed by atoms with Crippen LogP contribution in [0.4, 0.5) is 0 Å². The first-order valence-corrected chi connectivity index (χ1v) is 6.90. The van der Waals surface area contributed by atoms with Gasteiger partial charge in [0.05, 0.1) is 6.54 Å². The number of aryl methyl sites for hydroxylation is 1. The van der Waals surface area contributed by atoms with E-state index in [9.17, 15) is 4.79 Å². The molecule has 0 aliphatic rings. The zero-order chi connectivity index (χ0) is 14.5. The van der Waals surface area contributed by atoms with E-state index in [2.05, 4.69) is 36.9 Å². The molecule has 2 heteroatoms. The highest BCUT2D eigenvalue weighted by atomic mass is 16.1. The van der Waals surface area contributed by atoms with E-state index in [-0.39, 0.29) is 5.78 Å². The molecular weight excluding hydrogens is 246 g/mol. The predicted molar refractivity (Wildman–Crippen MR) is 83.0 cm³/mol. The van der Waals surface area contributed by atoms with E-state index >= 15 is 0 Å². The highest BCUT2D eigenvalue weighted by Gasteiger charge is 2.10. The first-order chi connectivity index (χ1) is 9.58. The third kappa shape index (κ3) is 3.55. The summed E-state index contributed by atoms with van der Waals surface area (Å²) in [4.78, 5) is 14.2. The van der Waals surface area contributed by atoms with Crippen LogP contribution in [0, 0.1) is 13.8 Å². The first-order valence-electron chi connectivity index (χ1n) is 6.90. The van der Waals surface area contributed by atoms with Gasteiger partial charge in [-0.15, -0.1) is 0 Å². The second kappa shape index (κ2) is 6.49. The quantitative estimate of drug-likeness (QED) is 0.771. The van der Waals surface area contributed by atoms with Crippen LogP contribution in [-0.4, -0.2) is 24.3 Å². The van der Waals surface area contributed by atoms with Crippen molar-refractivity contribution in [1.82, 2.24) is 4.90 Å². The fourth-order valence-electron chi connectivity index (χ4n) is 2.29. The third-order valence-electron chi connectivity index (χ3n) is 3.67. The van der Waals surface area contributed by atoms with Crippen molar-refractivity contribution in [3.63, 3.8) is 0 Å². The minimum Gasteiger partial charge on any atom is -0.295 e. The molecule has 0 atom stereocenters. The zero-order valence-corrected chi connectivity index (χ0v) is 12.4. The van der Waals surface area contributed by atoms with E-state index in [0.717, 1.165) is 12.1 Å². The molecule has 0 unspecified atom stereocenters. The number of rotatable bonds is 5. The van der Waals surface area contributed by atoms with Crippen LogP contribution < -0.4 is 0 Å². The molecule has 0 bridgehead atoms. The maximum absolute atomic E-state index is 12.2. The van der Waals surface area contributed by atoms with Gasteiger partial charge in [0.15, 0.2) is 5.78 Å². The van der Waals surface area contributed by atoms with E-state index in [0.29, 0.717) is 6.54 Å². The summed E-state index contributed by atoms with van der Waals surface area (Å²) in [6, 6.07) is 15.8. The molecule has 0 radical (unpaired) electrons. The number of nitrogens with zero attached hydrogens (tertiary/aromatic N) is 1. The van der Waals surface area contributed by atoms with E-state index in [1.165, 1.54) is 16.7 Å². The lowest BCUT2D eigenvalue weighted by molar-refractivity contribution is 0.0943. The van der Waals surface area contributed by atoms with Crippen molar-refractivity contribution in [1.29, 1.82) is 0 Å². The molecule has 0 saturated carbocycles. The van der Waals surface area contributed by atoms with Gasteiger partial charge >= 0.3 is 0 Å². The standard InChI is InChI=1S/C18H21NO/c1-14-8-7-11-17(15(14)2)12-19(3)13-18(20)16-9-5-4-6-10-16/h4-11H,12-13H2,1-3H3. The Hall–Kier alpha value is -1.93. The zero-order valence-electron chi connectivity index (χ0n) is 12.4. The van der Waals surface area contributed by atoms with E-state index in [1.54, 1.807) is 0 Å². The molecule has 2 rings (SSSR count). The number of carbonyl (C=O) groups excluding carboxylic acids is 1. The Bertz CT molecular complexity index is 590. The summed E-state index contributed by atoms with van der Waals surface area (Å²) in [6.45, 7) is 5.50. The molecule has 2 aromatic carbocycles. The Morgan fingerprint density at radius 1 is 1.00 bits per heavy atom. The van der Waals surface area contributed by atoms with Crippen molar-refractivity contribution in [2.45, 2.75) is 20.4 Å². The van der Waals surface area contributed by atoms with Gasteiger partial charge in [-0.1, -0.05) is 48.5 Å². The minimum absolute atomic E-state index is 0.165. The van der Waals surface area contributed by atoms with E-state index in [4.69, 9.17) is 0 Å². The molecule has 0 aliphatic carbocycles. The smallest absolute Gasteiger partial charge is 0.176 e. The summed E-state index contributed by atoms with van der Waals surface area (Å²) >= 11 is 0. The molecular formula is C18H21NO. The normalized spacial score (nSPS) is 10.8. The van der Waals surface area contributed by atoms with Crippen LogP contribution >= 0.6 is 0 Å². The molecule has 0 heterocycles. The maximum Gasteiger partial charge on any atom is 0.176 e. The Kier molecular flexibility index (Phi) is 4.70. The number of hydrogen-bond acceptors (Lipinski definition) is 2. The van der Waals surface area contributed by atoms with Crippen LogP contribution in [0.25, 0.3) is 0 Å². The molecule has 0 aromatic heterocycles. The van der Waals surface area contributed by atoms with Gasteiger partial charge in [-0.05, 0) is 37.6 Å². The fraction of sp³-hybridized carbons (Fsp3) is 0.278. The monoisotopic (exact) mass is 267 g/mol. The minimum atomic E-state index is 0.165. The summed E-state index contributed by atoms with van der Waals surface area (Å²) in [5.74, 6) is 0.165. The van der Waals surface area contributed by atoms with Crippen LogP contribution in [0.1, 0.15) is 27.0 Å². The number of hydrogen-bond donors (Lipinski definition) is 0. The van der Waals surface area contributed by atoms with Crippen molar-refractivity contribution >= 4 is 5.78 Å². The summed E-state index contributed by atoms with van der Waals surface area (Å²) in [6.07, 6.45) is 0. The number of Topliss-reactive ketones (excluding diaryl/α,β-unsaturated/α-hetero) is 1. The lowest BCUT2D eigenvalue weighted by atomic mass is 10.0. The van der Waals surface area contributed by atoms with Gasteiger partial charge in [0, 0.05) is 12.1 Å². The van der Waals surface area contributed by atoms with Gasteiger partial charge in [-0.2, -0.15) is 0 Å². The lowest BCUT2D eigenvalue weighted by Crippen LogP contribution is -2.26. The van der Waals surface area contributed by atoms with Crippen LogP contribution in [-0.2, 0) is 6.54 Å². The molecule has 0 spiro atoms. The summed E-state index contributed by atoms with van der Waals surface area (Å²) in [5, 5.41) is 0. The average molecular weight is 267 g/mol. The van der Waals surface area contributed by atoms with Crippen LogP contribution in [0.15, 0.2) is 48.5 Å². The SMILES string of the molecule is Cc1cccc(CN(C)CC(=O)c2ccccc2)c1C. The number of carbonyl (C=O) groups is 1. The Morgan fingerprint density at radius 2 is 1.70 bits per heavy atom. The van der Waals surface area contributed by atoms with Gasteiger partial charge in [0.25, 0.3) is 0 Å². The Balaban J connectivity index is 2.01. The van der Waals surface area contributed by atoms with Crippen LogP contribution in [0.3, 0.4) is 0 Å². The summed E-state index contributed by atoms with van der Waals surface area (Å²) in [5.41, 5.74) is 4.67. The van der Waals surface area contributed by atoms with Gasteiger partial charge < -0.3 is 0 Å².